The normalized spacial score (nSPS) is 15.8. The number of nitrogens with one attached hydrogen (secondary N) is 1. The monoisotopic (exact) mass is 503 g/mol. The van der Waals surface area contributed by atoms with Gasteiger partial charge in [0.15, 0.2) is 0 Å². The van der Waals surface area contributed by atoms with Crippen LogP contribution in [-0.4, -0.2) is 88.4 Å². The SMILES string of the molecule is COc1c(C)c2c(c(NC(=O)N(C)C)c1C/C=C(\C)CCC(=O)OCCN1CCOCC1)C(=O)OC2. The molecule has 2 aliphatic heterocycles. The number of urea groups is 1. The largest absolute Gasteiger partial charge is 0.496 e. The van der Waals surface area contributed by atoms with Crippen molar-refractivity contribution in [3.8, 4) is 5.75 Å². The van der Waals surface area contributed by atoms with E-state index in [1.54, 1.807) is 21.2 Å². The highest BCUT2D eigenvalue weighted by molar-refractivity contribution is 6.05. The number of rotatable bonds is 10. The third-order valence-electron chi connectivity index (χ3n) is 6.47. The molecular formula is C26H37N3O7. The first-order chi connectivity index (χ1) is 17.2. The fourth-order valence-corrected chi connectivity index (χ4v) is 4.27. The molecule has 0 aromatic heterocycles. The summed E-state index contributed by atoms with van der Waals surface area (Å²) in [6.45, 7) is 8.21. The minimum atomic E-state index is -0.466. The van der Waals surface area contributed by atoms with Crippen LogP contribution in [0.3, 0.4) is 0 Å². The van der Waals surface area contributed by atoms with Crippen molar-refractivity contribution < 1.29 is 33.3 Å². The molecule has 2 aliphatic rings. The molecule has 10 heteroatoms. The average molecular weight is 504 g/mol. The molecule has 0 atom stereocenters. The van der Waals surface area contributed by atoms with Gasteiger partial charge in [-0.25, -0.2) is 9.59 Å². The Morgan fingerprint density at radius 2 is 1.92 bits per heavy atom. The topological polar surface area (TPSA) is 107 Å². The van der Waals surface area contributed by atoms with E-state index in [0.717, 1.165) is 29.8 Å². The summed E-state index contributed by atoms with van der Waals surface area (Å²) in [6.07, 6.45) is 3.22. The van der Waals surface area contributed by atoms with Gasteiger partial charge in [-0.15, -0.1) is 0 Å². The summed E-state index contributed by atoms with van der Waals surface area (Å²) >= 11 is 0. The molecule has 0 saturated carbocycles. The highest BCUT2D eigenvalue weighted by Gasteiger charge is 2.32. The molecule has 0 aliphatic carbocycles. The highest BCUT2D eigenvalue weighted by Crippen LogP contribution is 2.41. The molecule has 2 heterocycles. The fourth-order valence-electron chi connectivity index (χ4n) is 4.27. The molecule has 1 saturated heterocycles. The van der Waals surface area contributed by atoms with Gasteiger partial charge in [-0.3, -0.25) is 9.69 Å². The van der Waals surface area contributed by atoms with Crippen LogP contribution < -0.4 is 10.1 Å². The standard InChI is InChI=1S/C26H37N3O7/c1-17(7-9-21(30)35-15-12-29-10-13-34-14-11-29)6-8-19-23(27-26(32)28(3)4)22-20(16-36-25(22)31)18(2)24(19)33-5/h6H,7-16H2,1-5H3,(H,27,32)/b17-6+. The highest BCUT2D eigenvalue weighted by atomic mass is 16.5. The molecule has 1 aromatic rings. The van der Waals surface area contributed by atoms with Crippen LogP contribution in [0.25, 0.3) is 0 Å². The summed E-state index contributed by atoms with van der Waals surface area (Å²) < 4.78 is 21.7. The number of ether oxygens (including phenoxy) is 4. The second-order valence-electron chi connectivity index (χ2n) is 9.20. The number of methoxy groups -OCH3 is 1. The summed E-state index contributed by atoms with van der Waals surface area (Å²) in [5.41, 5.74) is 3.98. The summed E-state index contributed by atoms with van der Waals surface area (Å²) in [6, 6.07) is -0.357. The lowest BCUT2D eigenvalue weighted by atomic mass is 9.93. The number of esters is 2. The van der Waals surface area contributed by atoms with Gasteiger partial charge < -0.3 is 29.2 Å². The lowest BCUT2D eigenvalue weighted by Crippen LogP contribution is -2.38. The van der Waals surface area contributed by atoms with Crippen molar-refractivity contribution in [2.45, 2.75) is 39.7 Å². The molecule has 1 aromatic carbocycles. The number of morpholine rings is 1. The number of carbonyl (C=O) groups is 3. The Hall–Kier alpha value is -3.11. The van der Waals surface area contributed by atoms with Gasteiger partial charge in [-0.1, -0.05) is 11.6 Å². The summed E-state index contributed by atoms with van der Waals surface area (Å²) in [5, 5.41) is 2.86. The van der Waals surface area contributed by atoms with E-state index in [9.17, 15) is 14.4 Å². The minimum absolute atomic E-state index is 0.143. The number of carbonyl (C=O) groups excluding carboxylic acids is 3. The minimum Gasteiger partial charge on any atom is -0.496 e. The fraction of sp³-hybridized carbons (Fsp3) is 0.577. The molecule has 1 N–H and O–H groups in total. The summed E-state index contributed by atoms with van der Waals surface area (Å²) in [4.78, 5) is 40.9. The number of fused-ring (bicyclic) bond motifs is 1. The van der Waals surface area contributed by atoms with E-state index >= 15 is 0 Å². The Labute approximate surface area is 212 Å². The predicted molar refractivity (Wildman–Crippen MR) is 134 cm³/mol. The van der Waals surface area contributed by atoms with Crippen molar-refractivity contribution >= 4 is 23.7 Å². The zero-order valence-electron chi connectivity index (χ0n) is 21.9. The van der Waals surface area contributed by atoms with Crippen molar-refractivity contribution in [1.82, 2.24) is 9.80 Å². The van der Waals surface area contributed by atoms with Crippen molar-refractivity contribution in [1.29, 1.82) is 0 Å². The quantitative estimate of drug-likeness (QED) is 0.384. The van der Waals surface area contributed by atoms with Crippen LogP contribution in [0, 0.1) is 6.92 Å². The predicted octanol–water partition coefficient (Wildman–Crippen LogP) is 2.91. The number of hydrogen-bond donors (Lipinski definition) is 1. The van der Waals surface area contributed by atoms with Crippen LogP contribution >= 0.6 is 0 Å². The molecule has 198 valence electrons. The van der Waals surface area contributed by atoms with Gasteiger partial charge in [0.1, 0.15) is 19.0 Å². The maximum atomic E-state index is 12.5. The zero-order chi connectivity index (χ0) is 26.2. The van der Waals surface area contributed by atoms with Gasteiger partial charge in [0.05, 0.1) is 31.6 Å². The number of anilines is 1. The van der Waals surface area contributed by atoms with Crippen LogP contribution in [0.1, 0.15) is 46.8 Å². The van der Waals surface area contributed by atoms with Gasteiger partial charge >= 0.3 is 18.0 Å². The van der Waals surface area contributed by atoms with E-state index in [-0.39, 0.29) is 25.0 Å². The third kappa shape index (κ3) is 6.76. The molecule has 0 bridgehead atoms. The number of nitrogens with zero attached hydrogens (tertiary/aromatic N) is 2. The first-order valence-electron chi connectivity index (χ1n) is 12.2. The van der Waals surface area contributed by atoms with Crippen LogP contribution in [-0.2, 0) is 32.0 Å². The number of benzene rings is 1. The molecular weight excluding hydrogens is 466 g/mol. The van der Waals surface area contributed by atoms with Crippen LogP contribution in [0.4, 0.5) is 10.5 Å². The second-order valence-corrected chi connectivity index (χ2v) is 9.20. The first-order valence-corrected chi connectivity index (χ1v) is 12.2. The summed E-state index contributed by atoms with van der Waals surface area (Å²) in [7, 11) is 4.82. The maximum absolute atomic E-state index is 12.5. The average Bonchev–Trinajstić information content (AvgIpc) is 3.25. The van der Waals surface area contributed by atoms with Gasteiger partial charge in [-0.2, -0.15) is 0 Å². The zero-order valence-corrected chi connectivity index (χ0v) is 21.9. The molecule has 10 nitrogen and oxygen atoms in total. The van der Waals surface area contributed by atoms with Crippen molar-refractivity contribution in [3.63, 3.8) is 0 Å². The van der Waals surface area contributed by atoms with Crippen molar-refractivity contribution in [2.75, 3.05) is 66.0 Å². The first kappa shape index (κ1) is 27.5. The van der Waals surface area contributed by atoms with Gasteiger partial charge in [0.25, 0.3) is 0 Å². The number of amides is 2. The second kappa shape index (κ2) is 12.7. The third-order valence-corrected chi connectivity index (χ3v) is 6.47. The van der Waals surface area contributed by atoms with Crippen LogP contribution in [0.2, 0.25) is 0 Å². The van der Waals surface area contributed by atoms with Gasteiger partial charge in [0.2, 0.25) is 0 Å². The Morgan fingerprint density at radius 1 is 1.19 bits per heavy atom. The molecule has 3 rings (SSSR count). The van der Waals surface area contributed by atoms with E-state index < -0.39 is 5.97 Å². The lowest BCUT2D eigenvalue weighted by molar-refractivity contribution is -0.144. The van der Waals surface area contributed by atoms with E-state index in [2.05, 4.69) is 10.2 Å². The Bertz CT molecular complexity index is 1010. The van der Waals surface area contributed by atoms with E-state index in [4.69, 9.17) is 18.9 Å². The Kier molecular flexibility index (Phi) is 9.72. The molecule has 0 unspecified atom stereocenters. The van der Waals surface area contributed by atoms with Crippen molar-refractivity contribution in [3.05, 3.63) is 33.9 Å². The van der Waals surface area contributed by atoms with E-state index in [0.29, 0.717) is 61.8 Å². The molecule has 0 spiro atoms. The lowest BCUT2D eigenvalue weighted by Gasteiger charge is -2.26. The molecule has 36 heavy (non-hydrogen) atoms. The van der Waals surface area contributed by atoms with Crippen LogP contribution in [0.15, 0.2) is 11.6 Å². The Balaban J connectivity index is 1.68. The number of hydrogen-bond acceptors (Lipinski definition) is 8. The van der Waals surface area contributed by atoms with Gasteiger partial charge in [0, 0.05) is 51.3 Å². The molecule has 2 amide bonds. The number of allylic oxidation sites excluding steroid dienone is 2. The van der Waals surface area contributed by atoms with E-state index in [1.165, 1.54) is 4.90 Å². The van der Waals surface area contributed by atoms with Crippen LogP contribution in [0.5, 0.6) is 5.75 Å². The van der Waals surface area contributed by atoms with Gasteiger partial charge in [-0.05, 0) is 32.3 Å². The smallest absolute Gasteiger partial charge is 0.341 e. The Morgan fingerprint density at radius 3 is 2.58 bits per heavy atom. The van der Waals surface area contributed by atoms with E-state index in [1.807, 2.05) is 19.9 Å². The number of cyclic esters (lactones) is 1. The summed E-state index contributed by atoms with van der Waals surface area (Å²) in [5.74, 6) is -0.0945. The maximum Gasteiger partial charge on any atom is 0.341 e. The molecule has 0 radical (unpaired) electrons. The molecule has 1 fully saturated rings. The van der Waals surface area contributed by atoms with Crippen molar-refractivity contribution in [2.24, 2.45) is 0 Å².